The summed E-state index contributed by atoms with van der Waals surface area (Å²) in [5.41, 5.74) is 5.85. The molecule has 1 atom stereocenters. The maximum atomic E-state index is 12.0. The molecule has 17 heavy (non-hydrogen) atoms. The molecule has 0 saturated carbocycles. The van der Waals surface area contributed by atoms with Gasteiger partial charge in [-0.25, -0.2) is 0 Å². The Morgan fingerprint density at radius 2 is 1.76 bits per heavy atom. The van der Waals surface area contributed by atoms with Crippen LogP contribution < -0.4 is 5.73 Å². The average Bonchev–Trinajstić information content (AvgIpc) is 2.16. The first-order valence-electron chi connectivity index (χ1n) is 6.02. The molecule has 0 aromatic carbocycles. The monoisotopic (exact) mass is 244 g/mol. The Bertz CT molecular complexity index is 264. The van der Waals surface area contributed by atoms with Gasteiger partial charge in [0.1, 0.15) is 0 Å². The zero-order valence-corrected chi connectivity index (χ0v) is 11.1. The minimum atomic E-state index is -0.892. The van der Waals surface area contributed by atoms with Crippen molar-refractivity contribution in [2.24, 2.45) is 11.7 Å². The molecule has 0 bridgehead atoms. The second-order valence-corrected chi connectivity index (χ2v) is 4.94. The molecule has 0 heterocycles. The Kier molecular flexibility index (Phi) is 6.80. The highest BCUT2D eigenvalue weighted by Gasteiger charge is 2.21. The number of amides is 1. The van der Waals surface area contributed by atoms with Gasteiger partial charge in [0.25, 0.3) is 0 Å². The third kappa shape index (κ3) is 6.26. The van der Waals surface area contributed by atoms with Crippen molar-refractivity contribution in [1.29, 1.82) is 0 Å². The summed E-state index contributed by atoms with van der Waals surface area (Å²) in [4.78, 5) is 24.1. The van der Waals surface area contributed by atoms with Crippen LogP contribution in [0.1, 0.15) is 40.5 Å². The lowest BCUT2D eigenvalue weighted by Gasteiger charge is -2.28. The van der Waals surface area contributed by atoms with E-state index >= 15 is 0 Å². The number of aliphatic carboxylic acids is 1. The van der Waals surface area contributed by atoms with Gasteiger partial charge in [-0.05, 0) is 19.8 Å². The SMILES string of the molecule is CC(C)C(N)CC(=O)N(CCC(=O)O)C(C)C. The van der Waals surface area contributed by atoms with Crippen LogP contribution >= 0.6 is 0 Å². The van der Waals surface area contributed by atoms with E-state index in [1.807, 2.05) is 27.7 Å². The number of rotatable bonds is 7. The van der Waals surface area contributed by atoms with E-state index in [1.54, 1.807) is 4.90 Å². The van der Waals surface area contributed by atoms with E-state index in [1.165, 1.54) is 0 Å². The number of carbonyl (C=O) groups is 2. The Hall–Kier alpha value is -1.10. The summed E-state index contributed by atoms with van der Waals surface area (Å²) in [6.45, 7) is 7.93. The summed E-state index contributed by atoms with van der Waals surface area (Å²) in [5, 5.41) is 8.63. The van der Waals surface area contributed by atoms with Crippen LogP contribution in [0, 0.1) is 5.92 Å². The number of carboxylic acid groups (broad SMARTS) is 1. The van der Waals surface area contributed by atoms with E-state index in [9.17, 15) is 9.59 Å². The van der Waals surface area contributed by atoms with Gasteiger partial charge < -0.3 is 15.7 Å². The number of carbonyl (C=O) groups excluding carboxylic acids is 1. The van der Waals surface area contributed by atoms with Crippen molar-refractivity contribution < 1.29 is 14.7 Å². The molecule has 1 unspecified atom stereocenters. The summed E-state index contributed by atoms with van der Waals surface area (Å²) < 4.78 is 0. The summed E-state index contributed by atoms with van der Waals surface area (Å²) in [6.07, 6.45) is 0.246. The predicted octanol–water partition coefficient (Wildman–Crippen LogP) is 1.07. The van der Waals surface area contributed by atoms with E-state index in [4.69, 9.17) is 10.8 Å². The number of carboxylic acids is 1. The van der Waals surface area contributed by atoms with E-state index < -0.39 is 5.97 Å². The normalized spacial score (nSPS) is 12.9. The summed E-state index contributed by atoms with van der Waals surface area (Å²) >= 11 is 0. The van der Waals surface area contributed by atoms with Crippen molar-refractivity contribution >= 4 is 11.9 Å². The second-order valence-electron chi connectivity index (χ2n) is 4.94. The van der Waals surface area contributed by atoms with Crippen LogP contribution in [0.3, 0.4) is 0 Å². The van der Waals surface area contributed by atoms with Crippen LogP contribution in [-0.2, 0) is 9.59 Å². The topological polar surface area (TPSA) is 83.6 Å². The molecule has 1 amide bonds. The van der Waals surface area contributed by atoms with Crippen LogP contribution in [0.15, 0.2) is 0 Å². The van der Waals surface area contributed by atoms with Crippen molar-refractivity contribution in [3.63, 3.8) is 0 Å². The molecule has 0 spiro atoms. The number of nitrogens with zero attached hydrogens (tertiary/aromatic N) is 1. The Labute approximate surface area is 103 Å². The lowest BCUT2D eigenvalue weighted by molar-refractivity contribution is -0.139. The average molecular weight is 244 g/mol. The molecular weight excluding hydrogens is 220 g/mol. The largest absolute Gasteiger partial charge is 0.481 e. The highest BCUT2D eigenvalue weighted by atomic mass is 16.4. The van der Waals surface area contributed by atoms with Gasteiger partial charge in [-0.15, -0.1) is 0 Å². The van der Waals surface area contributed by atoms with Gasteiger partial charge >= 0.3 is 5.97 Å². The Morgan fingerprint density at radius 3 is 2.12 bits per heavy atom. The van der Waals surface area contributed by atoms with Crippen molar-refractivity contribution in [2.45, 2.75) is 52.6 Å². The van der Waals surface area contributed by atoms with Gasteiger partial charge in [-0.2, -0.15) is 0 Å². The fraction of sp³-hybridized carbons (Fsp3) is 0.833. The molecule has 0 radical (unpaired) electrons. The smallest absolute Gasteiger partial charge is 0.305 e. The van der Waals surface area contributed by atoms with Gasteiger partial charge in [-0.3, -0.25) is 9.59 Å². The molecule has 5 nitrogen and oxygen atoms in total. The van der Waals surface area contributed by atoms with Gasteiger partial charge in [0.15, 0.2) is 0 Å². The van der Waals surface area contributed by atoms with E-state index in [0.29, 0.717) is 0 Å². The lowest BCUT2D eigenvalue weighted by atomic mass is 10.0. The molecule has 100 valence electrons. The lowest BCUT2D eigenvalue weighted by Crippen LogP contribution is -2.42. The second kappa shape index (κ2) is 7.27. The third-order valence-corrected chi connectivity index (χ3v) is 2.78. The first-order valence-corrected chi connectivity index (χ1v) is 6.02. The predicted molar refractivity (Wildman–Crippen MR) is 66.5 cm³/mol. The molecule has 0 aromatic rings. The maximum absolute atomic E-state index is 12.0. The summed E-state index contributed by atoms with van der Waals surface area (Å²) in [5.74, 6) is -0.716. The van der Waals surface area contributed by atoms with Gasteiger partial charge in [0, 0.05) is 25.0 Å². The van der Waals surface area contributed by atoms with E-state index in [-0.39, 0.29) is 43.3 Å². The van der Waals surface area contributed by atoms with Crippen molar-refractivity contribution in [2.75, 3.05) is 6.54 Å². The van der Waals surface area contributed by atoms with Crippen molar-refractivity contribution in [1.82, 2.24) is 4.90 Å². The first-order chi connectivity index (χ1) is 7.75. The highest BCUT2D eigenvalue weighted by Crippen LogP contribution is 2.09. The molecule has 5 heteroatoms. The minimum absolute atomic E-state index is 0.00112. The van der Waals surface area contributed by atoms with Crippen LogP contribution in [0.4, 0.5) is 0 Å². The van der Waals surface area contributed by atoms with Crippen LogP contribution in [0.5, 0.6) is 0 Å². The zero-order valence-electron chi connectivity index (χ0n) is 11.1. The van der Waals surface area contributed by atoms with E-state index in [0.717, 1.165) is 0 Å². The van der Waals surface area contributed by atoms with Crippen LogP contribution in [0.25, 0.3) is 0 Å². The number of nitrogens with two attached hydrogens (primary N) is 1. The Balaban J connectivity index is 4.39. The number of hydrogen-bond acceptors (Lipinski definition) is 3. The minimum Gasteiger partial charge on any atom is -0.481 e. The molecule has 0 aromatic heterocycles. The molecule has 0 aliphatic heterocycles. The molecule has 0 aliphatic carbocycles. The van der Waals surface area contributed by atoms with Crippen LogP contribution in [-0.4, -0.2) is 40.5 Å². The third-order valence-electron chi connectivity index (χ3n) is 2.78. The quantitative estimate of drug-likeness (QED) is 0.701. The first kappa shape index (κ1) is 15.9. The Morgan fingerprint density at radius 1 is 1.24 bits per heavy atom. The molecule has 0 rings (SSSR count). The summed E-state index contributed by atoms with van der Waals surface area (Å²) in [7, 11) is 0. The molecule has 0 aliphatic rings. The maximum Gasteiger partial charge on any atom is 0.305 e. The van der Waals surface area contributed by atoms with E-state index in [2.05, 4.69) is 0 Å². The van der Waals surface area contributed by atoms with Crippen LogP contribution in [0.2, 0.25) is 0 Å². The standard InChI is InChI=1S/C12H24N2O3/c1-8(2)10(13)7-11(15)14(9(3)4)6-5-12(16)17/h8-10H,5-7,13H2,1-4H3,(H,16,17). The van der Waals surface area contributed by atoms with Crippen molar-refractivity contribution in [3.8, 4) is 0 Å². The molecule has 3 N–H and O–H groups in total. The highest BCUT2D eigenvalue weighted by molar-refractivity contribution is 5.78. The molecule has 0 saturated heterocycles. The van der Waals surface area contributed by atoms with Gasteiger partial charge in [0.2, 0.25) is 5.91 Å². The molecule has 0 fully saturated rings. The summed E-state index contributed by atoms with van der Waals surface area (Å²) in [6, 6.07) is -0.171. The fourth-order valence-corrected chi connectivity index (χ4v) is 1.44. The zero-order chi connectivity index (χ0) is 13.6. The number of hydrogen-bond donors (Lipinski definition) is 2. The molecular formula is C12H24N2O3. The van der Waals surface area contributed by atoms with Gasteiger partial charge in [-0.1, -0.05) is 13.8 Å². The van der Waals surface area contributed by atoms with Gasteiger partial charge in [0.05, 0.1) is 6.42 Å². The fourth-order valence-electron chi connectivity index (χ4n) is 1.44. The van der Waals surface area contributed by atoms with Crippen molar-refractivity contribution in [3.05, 3.63) is 0 Å².